The molecule has 0 spiro atoms. The van der Waals surface area contributed by atoms with E-state index in [9.17, 15) is 4.79 Å². The van der Waals surface area contributed by atoms with Crippen molar-refractivity contribution in [1.29, 1.82) is 0 Å². The van der Waals surface area contributed by atoms with Crippen LogP contribution < -0.4 is 9.88 Å². The van der Waals surface area contributed by atoms with Gasteiger partial charge < -0.3 is 9.72 Å². The molecule has 1 N–H and O–H groups in total. The van der Waals surface area contributed by atoms with Crippen LogP contribution in [0.15, 0.2) is 0 Å². The zero-order valence-electron chi connectivity index (χ0n) is 14.1. The van der Waals surface area contributed by atoms with Gasteiger partial charge in [0, 0.05) is 18.2 Å². The molecule has 0 radical (unpaired) electrons. The maximum absolute atomic E-state index is 11.7. The molecule has 2 rings (SSSR count). The van der Waals surface area contributed by atoms with Crippen molar-refractivity contribution in [2.45, 2.75) is 34.2 Å². The van der Waals surface area contributed by atoms with E-state index in [-0.39, 0.29) is 0 Å². The minimum absolute atomic E-state index is 0.326. The lowest BCUT2D eigenvalue weighted by molar-refractivity contribution is -0.135. The second-order valence-corrected chi connectivity index (χ2v) is 7.78. The Labute approximate surface area is 154 Å². The molecule has 24 heavy (non-hydrogen) atoms. The summed E-state index contributed by atoms with van der Waals surface area (Å²) in [6.45, 7) is 8.97. The normalized spacial score (nSPS) is 13.1. The van der Waals surface area contributed by atoms with Crippen LogP contribution in [0.5, 0.6) is 0 Å². The molecule has 2 aromatic heterocycles. The van der Waals surface area contributed by atoms with Crippen molar-refractivity contribution in [2.75, 3.05) is 6.61 Å². The maximum Gasteiger partial charge on any atom is 0.332 e. The number of thiazole rings is 1. The van der Waals surface area contributed by atoms with Crippen molar-refractivity contribution in [1.82, 2.24) is 14.8 Å². The molecule has 0 aliphatic carbocycles. The van der Waals surface area contributed by atoms with Crippen molar-refractivity contribution in [3.8, 4) is 0 Å². The third-order valence-corrected chi connectivity index (χ3v) is 4.77. The van der Waals surface area contributed by atoms with Gasteiger partial charge in [0.1, 0.15) is 5.15 Å². The highest BCUT2D eigenvalue weighted by Crippen LogP contribution is 2.21. The average Bonchev–Trinajstić information content (AvgIpc) is 2.93. The molecule has 0 saturated carbocycles. The van der Waals surface area contributed by atoms with Gasteiger partial charge in [0.15, 0.2) is 3.95 Å². The van der Waals surface area contributed by atoms with Crippen molar-refractivity contribution < 1.29 is 9.53 Å². The van der Waals surface area contributed by atoms with E-state index in [0.29, 0.717) is 27.0 Å². The molecule has 2 aromatic rings. The zero-order chi connectivity index (χ0) is 17.9. The van der Waals surface area contributed by atoms with E-state index in [1.807, 2.05) is 13.0 Å². The number of halogens is 1. The van der Waals surface area contributed by atoms with Gasteiger partial charge >= 0.3 is 5.97 Å². The average molecular weight is 386 g/mol. The molecule has 0 amide bonds. The monoisotopic (exact) mass is 385 g/mol. The fourth-order valence-corrected chi connectivity index (χ4v) is 3.63. The molecule has 0 aliphatic rings. The number of esters is 1. The first-order chi connectivity index (χ1) is 11.3. The quantitative estimate of drug-likeness (QED) is 0.635. The molecular weight excluding hydrogens is 366 g/mol. The number of carbonyl (C=O) groups is 1. The molecule has 2 heterocycles. The molecule has 0 aliphatic heterocycles. The summed E-state index contributed by atoms with van der Waals surface area (Å²) < 4.78 is 8.16. The summed E-state index contributed by atoms with van der Waals surface area (Å²) in [5.41, 5.74) is 1.67. The molecule has 0 atom stereocenters. The first-order valence-corrected chi connectivity index (χ1v) is 9.24. The summed E-state index contributed by atoms with van der Waals surface area (Å²) in [5.74, 6) is 0.0335. The summed E-state index contributed by atoms with van der Waals surface area (Å²) in [7, 11) is 0. The van der Waals surface area contributed by atoms with Crippen LogP contribution in [0.1, 0.15) is 32.0 Å². The van der Waals surface area contributed by atoms with Gasteiger partial charge in [0.2, 0.25) is 0 Å². The van der Waals surface area contributed by atoms with E-state index in [2.05, 4.69) is 23.9 Å². The first-order valence-electron chi connectivity index (χ1n) is 7.64. The zero-order valence-corrected chi connectivity index (χ0v) is 16.4. The number of nitrogens with one attached hydrogen (secondary N) is 1. The van der Waals surface area contributed by atoms with Gasteiger partial charge in [-0.25, -0.2) is 4.79 Å². The first kappa shape index (κ1) is 18.9. The Morgan fingerprint density at radius 2 is 2.25 bits per heavy atom. The summed E-state index contributed by atoms with van der Waals surface area (Å²) in [6, 6.07) is 0. The second kappa shape index (κ2) is 8.09. The van der Waals surface area contributed by atoms with Crippen molar-refractivity contribution in [3.63, 3.8) is 0 Å². The van der Waals surface area contributed by atoms with Crippen molar-refractivity contribution in [2.24, 2.45) is 5.92 Å². The summed E-state index contributed by atoms with van der Waals surface area (Å²) in [4.78, 5) is 14.7. The Morgan fingerprint density at radius 3 is 2.88 bits per heavy atom. The molecule has 130 valence electrons. The van der Waals surface area contributed by atoms with Crippen molar-refractivity contribution in [3.05, 3.63) is 30.2 Å². The van der Waals surface area contributed by atoms with Gasteiger partial charge in [-0.1, -0.05) is 25.4 Å². The van der Waals surface area contributed by atoms with E-state index in [1.54, 1.807) is 11.6 Å². The predicted molar refractivity (Wildman–Crippen MR) is 100 cm³/mol. The highest BCUT2D eigenvalue weighted by Gasteiger charge is 2.12. The minimum atomic E-state index is -0.408. The molecule has 0 saturated heterocycles. The highest BCUT2D eigenvalue weighted by atomic mass is 35.5. The topological polar surface area (TPSA) is 59.9 Å². The van der Waals surface area contributed by atoms with Crippen LogP contribution in [0.25, 0.3) is 12.2 Å². The van der Waals surface area contributed by atoms with Crippen LogP contribution in [-0.2, 0) is 16.1 Å². The SMILES string of the molecule is CCOC(=O)/C=c1\[nH]c(=S)s\c1=C/c1c(C)nn(CC(C)C)c1Cl. The molecule has 5 nitrogen and oxygen atoms in total. The smallest absolute Gasteiger partial charge is 0.332 e. The van der Waals surface area contributed by atoms with Gasteiger partial charge in [-0.3, -0.25) is 4.68 Å². The molecular formula is C16H20ClN3O2S2. The van der Waals surface area contributed by atoms with E-state index in [4.69, 9.17) is 28.6 Å². The number of aromatic amines is 1. The number of hydrogen-bond acceptors (Lipinski definition) is 5. The number of ether oxygens (including phenoxy) is 1. The summed E-state index contributed by atoms with van der Waals surface area (Å²) in [6.07, 6.45) is 3.31. The minimum Gasteiger partial charge on any atom is -0.463 e. The molecule has 0 aromatic carbocycles. The molecule has 0 unspecified atom stereocenters. The Balaban J connectivity index is 2.56. The van der Waals surface area contributed by atoms with Gasteiger partial charge in [0.05, 0.1) is 22.2 Å². The number of aryl methyl sites for hydroxylation is 1. The standard InChI is InChI=1S/C16H20ClN3O2S2/c1-5-22-14(21)7-12-13(24-16(23)18-12)6-11-10(4)19-20(15(11)17)8-9(2)3/h6-7,9H,5,8H2,1-4H3,(H,18,23)/b12-7-,13-6-. The Hall–Kier alpha value is -1.44. The van der Waals surface area contributed by atoms with E-state index < -0.39 is 5.97 Å². The molecule has 0 fully saturated rings. The predicted octanol–water partition coefficient (Wildman–Crippen LogP) is 2.79. The fourth-order valence-electron chi connectivity index (χ4n) is 2.20. The van der Waals surface area contributed by atoms with Crippen molar-refractivity contribution >= 4 is 53.3 Å². The fraction of sp³-hybridized carbons (Fsp3) is 0.438. The Morgan fingerprint density at radius 1 is 1.54 bits per heavy atom. The van der Waals surface area contributed by atoms with Crippen LogP contribution >= 0.6 is 35.2 Å². The van der Waals surface area contributed by atoms with E-state index in [0.717, 1.165) is 22.3 Å². The number of carbonyl (C=O) groups excluding carboxylic acids is 1. The van der Waals surface area contributed by atoms with Crippen LogP contribution in [-0.4, -0.2) is 27.3 Å². The van der Waals surface area contributed by atoms with Gasteiger partial charge in [-0.15, -0.1) is 11.3 Å². The van der Waals surface area contributed by atoms with Crippen LogP contribution in [0.4, 0.5) is 0 Å². The third-order valence-electron chi connectivity index (χ3n) is 3.18. The van der Waals surface area contributed by atoms with Gasteiger partial charge in [-0.2, -0.15) is 5.10 Å². The highest BCUT2D eigenvalue weighted by molar-refractivity contribution is 7.73. The number of rotatable bonds is 5. The lowest BCUT2D eigenvalue weighted by atomic mass is 10.2. The lowest BCUT2D eigenvalue weighted by Crippen LogP contribution is -2.23. The second-order valence-electron chi connectivity index (χ2n) is 5.70. The number of nitrogens with zero attached hydrogens (tertiary/aromatic N) is 2. The summed E-state index contributed by atoms with van der Waals surface area (Å²) in [5, 5.41) is 5.70. The largest absolute Gasteiger partial charge is 0.463 e. The lowest BCUT2D eigenvalue weighted by Gasteiger charge is -2.05. The Kier molecular flexibility index (Phi) is 6.37. The number of H-pyrrole nitrogens is 1. The van der Waals surface area contributed by atoms with Gasteiger partial charge in [0.25, 0.3) is 0 Å². The number of hydrogen-bond donors (Lipinski definition) is 1. The van der Waals surface area contributed by atoms with Crippen LogP contribution in [0, 0.1) is 16.8 Å². The van der Waals surface area contributed by atoms with Crippen LogP contribution in [0.3, 0.4) is 0 Å². The van der Waals surface area contributed by atoms with Crippen LogP contribution in [0.2, 0.25) is 5.15 Å². The van der Waals surface area contributed by atoms with Gasteiger partial charge in [-0.05, 0) is 38.1 Å². The molecule has 8 heteroatoms. The summed E-state index contributed by atoms with van der Waals surface area (Å²) >= 11 is 13.1. The van der Waals surface area contributed by atoms with E-state index in [1.165, 1.54) is 17.4 Å². The third kappa shape index (κ3) is 4.55. The molecule has 0 bridgehead atoms. The Bertz CT molecular complexity index is 909. The van der Waals surface area contributed by atoms with E-state index >= 15 is 0 Å². The maximum atomic E-state index is 11.7. The number of aromatic nitrogens is 3.